The standard InChI is InChI=1S/C19H16ClF3N2O3S.ClH/c1-24-9-11-10-25(29(26,27)12-6-7-14(21)13(20)8-12)18(19(11)28-2)17-15(22)4-3-5-16(17)23;/h3-8,10,24H,9H2,1-2H3;1H. The molecule has 0 saturated heterocycles. The molecule has 0 bridgehead atoms. The fraction of sp³-hybridized carbons (Fsp3) is 0.158. The molecule has 162 valence electrons. The molecule has 11 heteroatoms. The molecule has 5 nitrogen and oxygen atoms in total. The summed E-state index contributed by atoms with van der Waals surface area (Å²) in [5.41, 5.74) is -0.540. The summed E-state index contributed by atoms with van der Waals surface area (Å²) in [5, 5.41) is 2.44. The largest absolute Gasteiger partial charge is 0.494 e. The van der Waals surface area contributed by atoms with Crippen LogP contribution < -0.4 is 10.1 Å². The van der Waals surface area contributed by atoms with Crippen LogP contribution in [0, 0.1) is 17.5 Å². The Labute approximate surface area is 182 Å². The normalized spacial score (nSPS) is 11.3. The Bertz CT molecular complexity index is 1160. The van der Waals surface area contributed by atoms with E-state index in [4.69, 9.17) is 16.3 Å². The molecule has 0 amide bonds. The van der Waals surface area contributed by atoms with Gasteiger partial charge in [-0.05, 0) is 37.4 Å². The van der Waals surface area contributed by atoms with Crippen molar-refractivity contribution >= 4 is 34.0 Å². The molecule has 0 aliphatic rings. The van der Waals surface area contributed by atoms with E-state index in [1.165, 1.54) is 13.3 Å². The minimum Gasteiger partial charge on any atom is -0.494 e. The van der Waals surface area contributed by atoms with Crippen LogP contribution >= 0.6 is 24.0 Å². The number of aromatic nitrogens is 1. The summed E-state index contributed by atoms with van der Waals surface area (Å²) in [6.45, 7) is 0.166. The molecule has 0 radical (unpaired) electrons. The number of methoxy groups -OCH3 is 1. The van der Waals surface area contributed by atoms with E-state index in [1.54, 1.807) is 7.05 Å². The van der Waals surface area contributed by atoms with Crippen LogP contribution in [-0.4, -0.2) is 26.5 Å². The fourth-order valence-corrected chi connectivity index (χ4v) is 4.61. The van der Waals surface area contributed by atoms with Crippen molar-refractivity contribution in [3.8, 4) is 17.0 Å². The van der Waals surface area contributed by atoms with Crippen molar-refractivity contribution < 1.29 is 26.3 Å². The van der Waals surface area contributed by atoms with Crippen LogP contribution in [0.4, 0.5) is 13.2 Å². The zero-order chi connectivity index (χ0) is 21.3. The van der Waals surface area contributed by atoms with Gasteiger partial charge in [-0.3, -0.25) is 0 Å². The van der Waals surface area contributed by atoms with E-state index in [1.807, 2.05) is 0 Å². The average molecular weight is 481 g/mol. The Hall–Kier alpha value is -2.20. The summed E-state index contributed by atoms with van der Waals surface area (Å²) < 4.78 is 75.1. The Kier molecular flexibility index (Phi) is 7.46. The lowest BCUT2D eigenvalue weighted by atomic mass is 10.1. The zero-order valence-electron chi connectivity index (χ0n) is 15.7. The maximum Gasteiger partial charge on any atom is 0.268 e. The molecule has 0 saturated carbocycles. The molecule has 0 fully saturated rings. The van der Waals surface area contributed by atoms with Crippen molar-refractivity contribution in [2.75, 3.05) is 14.2 Å². The van der Waals surface area contributed by atoms with Gasteiger partial charge in [-0.25, -0.2) is 25.6 Å². The highest BCUT2D eigenvalue weighted by atomic mass is 35.5. The molecule has 3 aromatic rings. The minimum absolute atomic E-state index is 0. The number of benzene rings is 2. The molecule has 0 unspecified atom stereocenters. The molecular formula is C19H17Cl2F3N2O3S. The molecule has 0 spiro atoms. The van der Waals surface area contributed by atoms with Crippen molar-refractivity contribution in [1.82, 2.24) is 9.29 Å². The Morgan fingerprint density at radius 3 is 2.27 bits per heavy atom. The minimum atomic E-state index is -4.40. The van der Waals surface area contributed by atoms with Gasteiger partial charge in [-0.1, -0.05) is 17.7 Å². The first kappa shape index (κ1) is 24.1. The summed E-state index contributed by atoms with van der Waals surface area (Å²) in [6.07, 6.45) is 1.20. The summed E-state index contributed by atoms with van der Waals surface area (Å²) in [5.74, 6) is -2.75. The van der Waals surface area contributed by atoms with Gasteiger partial charge in [0.05, 0.1) is 22.6 Å². The summed E-state index contributed by atoms with van der Waals surface area (Å²) in [4.78, 5) is -0.351. The van der Waals surface area contributed by atoms with Gasteiger partial charge in [-0.15, -0.1) is 12.4 Å². The van der Waals surface area contributed by atoms with Gasteiger partial charge in [0.2, 0.25) is 0 Å². The van der Waals surface area contributed by atoms with Gasteiger partial charge >= 0.3 is 0 Å². The molecule has 2 aromatic carbocycles. The topological polar surface area (TPSA) is 60.3 Å². The quantitative estimate of drug-likeness (QED) is 0.559. The lowest BCUT2D eigenvalue weighted by Gasteiger charge is -2.14. The second-order valence-corrected chi connectivity index (χ2v) is 8.26. The van der Waals surface area contributed by atoms with Crippen LogP contribution in [0.5, 0.6) is 5.75 Å². The third-order valence-corrected chi connectivity index (χ3v) is 6.16. The van der Waals surface area contributed by atoms with Crippen molar-refractivity contribution in [1.29, 1.82) is 0 Å². The Balaban J connectivity index is 0.00000320. The van der Waals surface area contributed by atoms with E-state index in [0.29, 0.717) is 9.54 Å². The Morgan fingerprint density at radius 2 is 1.73 bits per heavy atom. The van der Waals surface area contributed by atoms with Gasteiger partial charge in [0, 0.05) is 18.3 Å². The molecule has 0 aliphatic carbocycles. The number of rotatable bonds is 6. The summed E-state index contributed by atoms with van der Waals surface area (Å²) >= 11 is 5.72. The van der Waals surface area contributed by atoms with Gasteiger partial charge in [0.15, 0.2) is 0 Å². The van der Waals surface area contributed by atoms with E-state index in [-0.39, 0.29) is 35.3 Å². The number of nitrogens with zero attached hydrogens (tertiary/aromatic N) is 1. The molecule has 1 heterocycles. The monoisotopic (exact) mass is 480 g/mol. The molecule has 0 atom stereocenters. The van der Waals surface area contributed by atoms with Crippen molar-refractivity contribution in [3.63, 3.8) is 0 Å². The highest BCUT2D eigenvalue weighted by Gasteiger charge is 2.30. The lowest BCUT2D eigenvalue weighted by molar-refractivity contribution is 0.410. The first-order valence-corrected chi connectivity index (χ1v) is 10.1. The number of hydrogen-bond donors (Lipinski definition) is 1. The van der Waals surface area contributed by atoms with E-state index in [0.717, 1.165) is 36.4 Å². The fourth-order valence-electron chi connectivity index (χ4n) is 2.95. The number of halogens is 5. The first-order chi connectivity index (χ1) is 13.7. The van der Waals surface area contributed by atoms with Crippen LogP contribution in [0.3, 0.4) is 0 Å². The SMILES string of the molecule is CNCc1cn(S(=O)(=O)c2ccc(F)c(Cl)c2)c(-c2c(F)cccc2F)c1OC.Cl. The van der Waals surface area contributed by atoms with E-state index in [2.05, 4.69) is 5.32 Å². The van der Waals surface area contributed by atoms with Crippen LogP contribution in [0.15, 0.2) is 47.5 Å². The maximum atomic E-state index is 14.5. The van der Waals surface area contributed by atoms with Gasteiger partial charge in [-0.2, -0.15) is 0 Å². The van der Waals surface area contributed by atoms with E-state index < -0.39 is 38.1 Å². The molecule has 1 aromatic heterocycles. The van der Waals surface area contributed by atoms with Crippen LogP contribution in [0.2, 0.25) is 5.02 Å². The first-order valence-electron chi connectivity index (χ1n) is 8.30. The number of hydrogen-bond acceptors (Lipinski definition) is 4. The van der Waals surface area contributed by atoms with Crippen molar-refractivity contribution in [2.24, 2.45) is 0 Å². The smallest absolute Gasteiger partial charge is 0.268 e. The average Bonchev–Trinajstić information content (AvgIpc) is 3.03. The van der Waals surface area contributed by atoms with Gasteiger partial charge in [0.25, 0.3) is 10.0 Å². The summed E-state index contributed by atoms with van der Waals surface area (Å²) in [7, 11) is -1.51. The van der Waals surface area contributed by atoms with Crippen LogP contribution in [0.1, 0.15) is 5.56 Å². The lowest BCUT2D eigenvalue weighted by Crippen LogP contribution is -2.14. The number of nitrogens with one attached hydrogen (secondary N) is 1. The zero-order valence-corrected chi connectivity index (χ0v) is 18.1. The predicted octanol–water partition coefficient (Wildman–Crippen LogP) is 4.61. The Morgan fingerprint density at radius 1 is 1.10 bits per heavy atom. The van der Waals surface area contributed by atoms with Crippen molar-refractivity contribution in [2.45, 2.75) is 11.4 Å². The number of ether oxygens (including phenoxy) is 1. The highest BCUT2D eigenvalue weighted by Crippen LogP contribution is 2.40. The second-order valence-electron chi connectivity index (χ2n) is 6.04. The van der Waals surface area contributed by atoms with Crippen LogP contribution in [-0.2, 0) is 16.6 Å². The highest BCUT2D eigenvalue weighted by molar-refractivity contribution is 7.90. The van der Waals surface area contributed by atoms with Crippen LogP contribution in [0.25, 0.3) is 11.3 Å². The van der Waals surface area contributed by atoms with Gasteiger partial charge in [0.1, 0.15) is 28.9 Å². The predicted molar refractivity (Wildman–Crippen MR) is 110 cm³/mol. The second kappa shape index (κ2) is 9.30. The maximum absolute atomic E-state index is 14.5. The molecule has 0 aliphatic heterocycles. The van der Waals surface area contributed by atoms with Crippen molar-refractivity contribution in [3.05, 3.63) is 70.6 Å². The molecule has 3 rings (SSSR count). The molecule has 1 N–H and O–H groups in total. The summed E-state index contributed by atoms with van der Waals surface area (Å²) in [6, 6.07) is 6.02. The molecule has 30 heavy (non-hydrogen) atoms. The third kappa shape index (κ3) is 4.15. The van der Waals surface area contributed by atoms with E-state index >= 15 is 0 Å². The van der Waals surface area contributed by atoms with E-state index in [9.17, 15) is 21.6 Å². The third-order valence-electron chi connectivity index (χ3n) is 4.22. The molecular weight excluding hydrogens is 464 g/mol. The van der Waals surface area contributed by atoms with Gasteiger partial charge < -0.3 is 10.1 Å².